The predicted molar refractivity (Wildman–Crippen MR) is 75.4 cm³/mol. The Bertz CT molecular complexity index is 352. The molecule has 1 aliphatic rings. The summed E-state index contributed by atoms with van der Waals surface area (Å²) in [6.45, 7) is 0. The molecule has 0 aliphatic carbocycles. The number of hydrogen-bond donors (Lipinski definition) is 1. The van der Waals surface area contributed by atoms with E-state index in [9.17, 15) is 0 Å². The summed E-state index contributed by atoms with van der Waals surface area (Å²) < 4.78 is 0. The van der Waals surface area contributed by atoms with E-state index in [0.717, 1.165) is 12.2 Å². The lowest BCUT2D eigenvalue weighted by atomic mass is 10.0. The zero-order valence-electron chi connectivity index (χ0n) is 9.74. The molecule has 2 rings (SSSR count). The van der Waals surface area contributed by atoms with Gasteiger partial charge < -0.3 is 5.73 Å². The number of thioether (sulfide) groups is 2. The first-order valence-electron chi connectivity index (χ1n) is 5.81. The van der Waals surface area contributed by atoms with Crippen molar-refractivity contribution in [3.05, 3.63) is 29.3 Å². The standard InChI is InChI=1S/C13H19NS2/c1-15-8-6-12(14)10-4-5-13-11(9-10)3-2-7-16-13/h4-5,9,12H,2-3,6-8,14H2,1H3. The molecule has 0 spiro atoms. The highest BCUT2D eigenvalue weighted by Gasteiger charge is 2.12. The van der Waals surface area contributed by atoms with Crippen LogP contribution in [-0.4, -0.2) is 17.8 Å². The van der Waals surface area contributed by atoms with Crippen LogP contribution in [-0.2, 0) is 6.42 Å². The third-order valence-electron chi connectivity index (χ3n) is 2.99. The topological polar surface area (TPSA) is 26.0 Å². The Morgan fingerprint density at radius 2 is 2.38 bits per heavy atom. The Labute approximate surface area is 107 Å². The van der Waals surface area contributed by atoms with Gasteiger partial charge in [-0.15, -0.1) is 11.8 Å². The molecule has 2 N–H and O–H groups in total. The first kappa shape index (κ1) is 12.3. The molecule has 3 heteroatoms. The van der Waals surface area contributed by atoms with Crippen molar-refractivity contribution >= 4 is 23.5 Å². The Morgan fingerprint density at radius 1 is 1.50 bits per heavy atom. The summed E-state index contributed by atoms with van der Waals surface area (Å²) in [4.78, 5) is 1.46. The van der Waals surface area contributed by atoms with Gasteiger partial charge >= 0.3 is 0 Å². The second-order valence-corrected chi connectivity index (χ2v) is 6.33. The first-order valence-corrected chi connectivity index (χ1v) is 8.19. The van der Waals surface area contributed by atoms with Crippen LogP contribution in [0.4, 0.5) is 0 Å². The molecule has 16 heavy (non-hydrogen) atoms. The molecule has 0 radical (unpaired) electrons. The predicted octanol–water partition coefficient (Wildman–Crippen LogP) is 3.48. The van der Waals surface area contributed by atoms with Crippen molar-refractivity contribution in [3.8, 4) is 0 Å². The van der Waals surface area contributed by atoms with E-state index in [1.165, 1.54) is 34.6 Å². The maximum Gasteiger partial charge on any atom is 0.0302 e. The molecule has 1 atom stereocenters. The zero-order valence-corrected chi connectivity index (χ0v) is 11.4. The molecule has 1 aromatic carbocycles. The van der Waals surface area contributed by atoms with Gasteiger partial charge in [0.05, 0.1) is 0 Å². The lowest BCUT2D eigenvalue weighted by molar-refractivity contribution is 0.701. The average Bonchev–Trinajstić information content (AvgIpc) is 2.35. The second kappa shape index (κ2) is 5.99. The van der Waals surface area contributed by atoms with Crippen LogP contribution >= 0.6 is 23.5 Å². The fourth-order valence-electron chi connectivity index (χ4n) is 2.02. The van der Waals surface area contributed by atoms with E-state index in [1.807, 2.05) is 23.5 Å². The summed E-state index contributed by atoms with van der Waals surface area (Å²) >= 11 is 3.85. The van der Waals surface area contributed by atoms with Crippen molar-refractivity contribution in [2.45, 2.75) is 30.2 Å². The number of fused-ring (bicyclic) bond motifs is 1. The first-order chi connectivity index (χ1) is 7.81. The van der Waals surface area contributed by atoms with Gasteiger partial charge in [-0.05, 0) is 54.2 Å². The monoisotopic (exact) mass is 253 g/mol. The SMILES string of the molecule is CSCCC(N)c1ccc2c(c1)CCCS2. The van der Waals surface area contributed by atoms with Crippen LogP contribution in [0.25, 0.3) is 0 Å². The maximum atomic E-state index is 6.19. The van der Waals surface area contributed by atoms with Crippen LogP contribution in [0.1, 0.15) is 30.0 Å². The van der Waals surface area contributed by atoms with Crippen LogP contribution < -0.4 is 5.73 Å². The van der Waals surface area contributed by atoms with Crippen LogP contribution in [0.5, 0.6) is 0 Å². The van der Waals surface area contributed by atoms with Gasteiger partial charge in [0, 0.05) is 10.9 Å². The van der Waals surface area contributed by atoms with Crippen LogP contribution in [0.3, 0.4) is 0 Å². The number of benzene rings is 1. The van der Waals surface area contributed by atoms with E-state index in [0.29, 0.717) is 0 Å². The van der Waals surface area contributed by atoms with Crippen molar-refractivity contribution in [3.63, 3.8) is 0 Å². The average molecular weight is 253 g/mol. The minimum atomic E-state index is 0.213. The molecule has 1 nitrogen and oxygen atoms in total. The fraction of sp³-hybridized carbons (Fsp3) is 0.538. The summed E-state index contributed by atoms with van der Waals surface area (Å²) in [5.41, 5.74) is 9.02. The highest BCUT2D eigenvalue weighted by molar-refractivity contribution is 7.99. The third kappa shape index (κ3) is 2.96. The molecule has 0 fully saturated rings. The van der Waals surface area contributed by atoms with Gasteiger partial charge in [0.2, 0.25) is 0 Å². The van der Waals surface area contributed by atoms with Gasteiger partial charge in [-0.2, -0.15) is 11.8 Å². The second-order valence-electron chi connectivity index (χ2n) is 4.21. The summed E-state index contributed by atoms with van der Waals surface area (Å²) in [5, 5.41) is 0. The van der Waals surface area contributed by atoms with Gasteiger partial charge in [-0.1, -0.05) is 12.1 Å². The number of aryl methyl sites for hydroxylation is 1. The Kier molecular flexibility index (Phi) is 4.62. The van der Waals surface area contributed by atoms with E-state index >= 15 is 0 Å². The van der Waals surface area contributed by atoms with Gasteiger partial charge in [0.25, 0.3) is 0 Å². The van der Waals surface area contributed by atoms with E-state index < -0.39 is 0 Å². The quantitative estimate of drug-likeness (QED) is 0.889. The van der Waals surface area contributed by atoms with E-state index in [4.69, 9.17) is 5.73 Å². The molecule has 1 aliphatic heterocycles. The molecule has 1 heterocycles. The van der Waals surface area contributed by atoms with Gasteiger partial charge in [0.15, 0.2) is 0 Å². The maximum absolute atomic E-state index is 6.19. The number of hydrogen-bond acceptors (Lipinski definition) is 3. The molecule has 0 aromatic heterocycles. The highest BCUT2D eigenvalue weighted by Crippen LogP contribution is 2.31. The Morgan fingerprint density at radius 3 is 3.19 bits per heavy atom. The van der Waals surface area contributed by atoms with Crippen molar-refractivity contribution < 1.29 is 0 Å². The number of nitrogens with two attached hydrogens (primary N) is 1. The van der Waals surface area contributed by atoms with Gasteiger partial charge in [-0.25, -0.2) is 0 Å². The molecule has 1 aromatic rings. The van der Waals surface area contributed by atoms with Crippen molar-refractivity contribution in [2.24, 2.45) is 5.73 Å². The molecule has 0 amide bonds. The molecule has 88 valence electrons. The van der Waals surface area contributed by atoms with Crippen LogP contribution in [0.2, 0.25) is 0 Å². The Hall–Kier alpha value is -0.120. The van der Waals surface area contributed by atoms with Crippen molar-refractivity contribution in [1.82, 2.24) is 0 Å². The number of rotatable bonds is 4. The highest BCUT2D eigenvalue weighted by atomic mass is 32.2. The lowest BCUT2D eigenvalue weighted by Crippen LogP contribution is -2.12. The van der Waals surface area contributed by atoms with Crippen LogP contribution in [0, 0.1) is 0 Å². The van der Waals surface area contributed by atoms with Crippen molar-refractivity contribution in [2.75, 3.05) is 17.8 Å². The minimum absolute atomic E-state index is 0.213. The minimum Gasteiger partial charge on any atom is -0.324 e. The molecular weight excluding hydrogens is 234 g/mol. The Balaban J connectivity index is 2.10. The molecule has 0 saturated carbocycles. The van der Waals surface area contributed by atoms with E-state index in [1.54, 1.807) is 0 Å². The smallest absolute Gasteiger partial charge is 0.0302 e. The third-order valence-corrected chi connectivity index (χ3v) is 4.84. The molecule has 0 bridgehead atoms. The van der Waals surface area contributed by atoms with E-state index in [2.05, 4.69) is 24.5 Å². The van der Waals surface area contributed by atoms with Gasteiger partial charge in [-0.3, -0.25) is 0 Å². The fourth-order valence-corrected chi connectivity index (χ4v) is 3.53. The van der Waals surface area contributed by atoms with Crippen LogP contribution in [0.15, 0.2) is 23.1 Å². The molecule has 1 unspecified atom stereocenters. The summed E-state index contributed by atoms with van der Waals surface area (Å²) in [6.07, 6.45) is 5.75. The summed E-state index contributed by atoms with van der Waals surface area (Å²) in [5.74, 6) is 2.41. The van der Waals surface area contributed by atoms with Crippen molar-refractivity contribution in [1.29, 1.82) is 0 Å². The largest absolute Gasteiger partial charge is 0.324 e. The van der Waals surface area contributed by atoms with Gasteiger partial charge in [0.1, 0.15) is 0 Å². The van der Waals surface area contributed by atoms with E-state index in [-0.39, 0.29) is 6.04 Å². The normalized spacial score (nSPS) is 16.9. The molecule has 0 saturated heterocycles. The summed E-state index contributed by atoms with van der Waals surface area (Å²) in [6, 6.07) is 7.01. The zero-order chi connectivity index (χ0) is 11.4. The lowest BCUT2D eigenvalue weighted by Gasteiger charge is -2.18. The summed E-state index contributed by atoms with van der Waals surface area (Å²) in [7, 11) is 0. The molecular formula is C13H19NS2.